The molecule has 10 heteroatoms. The van der Waals surface area contributed by atoms with Crippen LogP contribution in [0.15, 0.2) is 18.2 Å². The van der Waals surface area contributed by atoms with Gasteiger partial charge in [0.2, 0.25) is 17.6 Å². The summed E-state index contributed by atoms with van der Waals surface area (Å²) >= 11 is 6.08. The summed E-state index contributed by atoms with van der Waals surface area (Å²) < 4.78 is 0. The molecule has 1 aromatic carbocycles. The minimum atomic E-state index is -1.19. The molecule has 3 fully saturated rings. The van der Waals surface area contributed by atoms with E-state index in [2.05, 4.69) is 21.3 Å². The van der Waals surface area contributed by atoms with Crippen LogP contribution in [-0.4, -0.2) is 47.5 Å². The molecule has 0 spiro atoms. The summed E-state index contributed by atoms with van der Waals surface area (Å²) in [5.41, 5.74) is 0.357. The number of carbonyl (C=O) groups excluding carboxylic acids is 5. The molecule has 3 atom stereocenters. The lowest BCUT2D eigenvalue weighted by Gasteiger charge is -2.21. The first-order valence-corrected chi connectivity index (χ1v) is 11.7. The van der Waals surface area contributed by atoms with Gasteiger partial charge < -0.3 is 21.3 Å². The van der Waals surface area contributed by atoms with Gasteiger partial charge in [-0.15, -0.1) is 0 Å². The van der Waals surface area contributed by atoms with Crippen molar-refractivity contribution in [2.75, 3.05) is 5.32 Å². The first kappa shape index (κ1) is 23.2. The highest BCUT2D eigenvalue weighted by atomic mass is 35.5. The average molecular weight is 475 g/mol. The zero-order chi connectivity index (χ0) is 23.7. The van der Waals surface area contributed by atoms with Crippen LogP contribution in [0, 0.1) is 11.8 Å². The summed E-state index contributed by atoms with van der Waals surface area (Å²) in [4.78, 5) is 63.0. The second-order valence-electron chi connectivity index (χ2n) is 9.17. The molecular formula is C23H27ClN4O5. The Hall–Kier alpha value is -2.94. The van der Waals surface area contributed by atoms with E-state index in [1.807, 2.05) is 6.92 Å². The minimum absolute atomic E-state index is 0.00314. The van der Waals surface area contributed by atoms with Crippen molar-refractivity contribution in [3.63, 3.8) is 0 Å². The molecule has 33 heavy (non-hydrogen) atoms. The van der Waals surface area contributed by atoms with E-state index in [4.69, 9.17) is 11.6 Å². The van der Waals surface area contributed by atoms with Crippen LogP contribution in [0.3, 0.4) is 0 Å². The second-order valence-corrected chi connectivity index (χ2v) is 9.61. The van der Waals surface area contributed by atoms with Crippen molar-refractivity contribution in [2.24, 2.45) is 11.8 Å². The molecule has 4 amide bonds. The van der Waals surface area contributed by atoms with Gasteiger partial charge in [-0.3, -0.25) is 24.0 Å². The van der Waals surface area contributed by atoms with Crippen LogP contribution >= 0.6 is 11.6 Å². The fraction of sp³-hybridized carbons (Fsp3) is 0.522. The molecule has 176 valence electrons. The van der Waals surface area contributed by atoms with Gasteiger partial charge in [-0.2, -0.15) is 0 Å². The lowest BCUT2D eigenvalue weighted by atomic mass is 9.93. The number of hydrogen-bond acceptors (Lipinski definition) is 5. The number of carbonyl (C=O) groups is 5. The van der Waals surface area contributed by atoms with E-state index in [-0.39, 0.29) is 52.5 Å². The molecule has 4 rings (SSSR count). The maximum absolute atomic E-state index is 13.2. The molecule has 1 heterocycles. The fourth-order valence-electron chi connectivity index (χ4n) is 3.94. The van der Waals surface area contributed by atoms with Gasteiger partial charge in [0.1, 0.15) is 0 Å². The van der Waals surface area contributed by atoms with Crippen molar-refractivity contribution in [1.82, 2.24) is 16.0 Å². The zero-order valence-corrected chi connectivity index (χ0v) is 19.0. The third-order valence-electron chi connectivity index (χ3n) is 6.11. The van der Waals surface area contributed by atoms with E-state index in [1.54, 1.807) is 6.07 Å². The minimum Gasteiger partial charge on any atom is -0.353 e. The molecule has 2 aliphatic carbocycles. The first-order chi connectivity index (χ1) is 15.7. The second kappa shape index (κ2) is 9.51. The van der Waals surface area contributed by atoms with Crippen molar-refractivity contribution in [3.05, 3.63) is 28.8 Å². The highest BCUT2D eigenvalue weighted by molar-refractivity contribution is 6.38. The van der Waals surface area contributed by atoms with Gasteiger partial charge in [0.15, 0.2) is 0 Å². The third-order valence-corrected chi connectivity index (χ3v) is 6.34. The van der Waals surface area contributed by atoms with Gasteiger partial charge in [0, 0.05) is 28.9 Å². The summed E-state index contributed by atoms with van der Waals surface area (Å²) in [6.07, 6.45) is 3.73. The van der Waals surface area contributed by atoms with E-state index in [0.717, 1.165) is 25.7 Å². The van der Waals surface area contributed by atoms with E-state index >= 15 is 0 Å². The van der Waals surface area contributed by atoms with Crippen LogP contribution in [0.2, 0.25) is 5.02 Å². The predicted octanol–water partition coefficient (Wildman–Crippen LogP) is 1.55. The van der Waals surface area contributed by atoms with Gasteiger partial charge >= 0.3 is 0 Å². The van der Waals surface area contributed by atoms with Gasteiger partial charge in [-0.25, -0.2) is 0 Å². The average Bonchev–Trinajstić information content (AvgIpc) is 3.67. The Morgan fingerprint density at radius 2 is 1.88 bits per heavy atom. The van der Waals surface area contributed by atoms with Crippen molar-refractivity contribution < 1.29 is 24.0 Å². The molecule has 1 aliphatic heterocycles. The summed E-state index contributed by atoms with van der Waals surface area (Å²) in [5, 5.41) is 11.1. The third kappa shape index (κ3) is 5.90. The summed E-state index contributed by atoms with van der Waals surface area (Å²) in [6, 6.07) is 3.21. The number of benzene rings is 1. The molecule has 0 radical (unpaired) electrons. The number of amides is 4. The van der Waals surface area contributed by atoms with Gasteiger partial charge in [0.25, 0.3) is 11.8 Å². The molecular weight excluding hydrogens is 448 g/mol. The summed E-state index contributed by atoms with van der Waals surface area (Å²) in [7, 11) is 0. The van der Waals surface area contributed by atoms with E-state index in [1.165, 1.54) is 12.1 Å². The maximum Gasteiger partial charge on any atom is 0.289 e. The maximum atomic E-state index is 13.2. The smallest absolute Gasteiger partial charge is 0.289 e. The normalized spacial score (nSPS) is 22.8. The van der Waals surface area contributed by atoms with Crippen LogP contribution in [-0.2, 0) is 19.2 Å². The van der Waals surface area contributed by atoms with E-state index in [9.17, 15) is 24.0 Å². The molecule has 0 bridgehead atoms. The number of nitrogens with one attached hydrogen (secondary N) is 4. The Labute approximate surface area is 196 Å². The van der Waals surface area contributed by atoms with Crippen molar-refractivity contribution in [2.45, 2.75) is 63.6 Å². The molecule has 3 aliphatic rings. The van der Waals surface area contributed by atoms with Crippen LogP contribution < -0.4 is 21.3 Å². The standard InChI is InChI=1S/C23H27ClN4O5/c1-11-8-13(21(31)25-11)9-18(19(29)23(33)26-15-5-6-15)28-22(32)16-10-14(24)4-7-17(16)27-20(30)12-2-3-12/h4,7,10-13,15,18H,2-3,5-6,8-9H2,1H3,(H,25,31)(H,26,33)(H,27,30)(H,28,32)/t11-,13+,18+/m1/s1. The number of anilines is 1. The van der Waals surface area contributed by atoms with Crippen LogP contribution in [0.5, 0.6) is 0 Å². The zero-order valence-electron chi connectivity index (χ0n) is 18.3. The van der Waals surface area contributed by atoms with Crippen molar-refractivity contribution in [1.29, 1.82) is 0 Å². The Morgan fingerprint density at radius 3 is 2.48 bits per heavy atom. The van der Waals surface area contributed by atoms with E-state index < -0.39 is 29.6 Å². The molecule has 2 saturated carbocycles. The number of ketones is 1. The summed E-state index contributed by atoms with van der Waals surface area (Å²) in [5.74, 6) is -3.20. The van der Waals surface area contributed by atoms with Crippen LogP contribution in [0.25, 0.3) is 0 Å². The van der Waals surface area contributed by atoms with Gasteiger partial charge in [-0.1, -0.05) is 11.6 Å². The topological polar surface area (TPSA) is 133 Å². The monoisotopic (exact) mass is 474 g/mol. The lowest BCUT2D eigenvalue weighted by molar-refractivity contribution is -0.139. The molecule has 4 N–H and O–H groups in total. The summed E-state index contributed by atoms with van der Waals surface area (Å²) in [6.45, 7) is 1.86. The number of Topliss-reactive ketones (excluding diaryl/α,β-unsaturated/α-hetero) is 1. The highest BCUT2D eigenvalue weighted by Gasteiger charge is 2.38. The van der Waals surface area contributed by atoms with Gasteiger partial charge in [0.05, 0.1) is 17.3 Å². The molecule has 1 saturated heterocycles. The Bertz CT molecular complexity index is 1000. The Kier molecular flexibility index (Phi) is 6.69. The van der Waals surface area contributed by atoms with Crippen molar-refractivity contribution >= 4 is 46.7 Å². The number of hydrogen-bond donors (Lipinski definition) is 4. The molecule has 0 aromatic heterocycles. The van der Waals surface area contributed by atoms with Crippen LogP contribution in [0.4, 0.5) is 5.69 Å². The fourth-order valence-corrected chi connectivity index (χ4v) is 4.12. The Balaban J connectivity index is 1.53. The molecule has 1 aromatic rings. The first-order valence-electron chi connectivity index (χ1n) is 11.3. The Morgan fingerprint density at radius 1 is 1.15 bits per heavy atom. The molecule has 0 unspecified atom stereocenters. The van der Waals surface area contributed by atoms with Crippen molar-refractivity contribution in [3.8, 4) is 0 Å². The molecule has 9 nitrogen and oxygen atoms in total. The number of halogens is 1. The highest BCUT2D eigenvalue weighted by Crippen LogP contribution is 2.31. The van der Waals surface area contributed by atoms with Crippen LogP contribution in [0.1, 0.15) is 55.8 Å². The predicted molar refractivity (Wildman–Crippen MR) is 121 cm³/mol. The quantitative estimate of drug-likeness (QED) is 0.403. The SMILES string of the molecule is C[C@@H]1C[C@@H](C[C@H](NC(=O)c2cc(Cl)ccc2NC(=O)C2CC2)C(=O)C(=O)NC2CC2)C(=O)N1. The van der Waals surface area contributed by atoms with E-state index in [0.29, 0.717) is 6.42 Å². The lowest BCUT2D eigenvalue weighted by Crippen LogP contribution is -2.49. The van der Waals surface area contributed by atoms with Gasteiger partial charge in [-0.05, 0) is 63.6 Å². The largest absolute Gasteiger partial charge is 0.353 e. The number of rotatable bonds is 9.